The van der Waals surface area contributed by atoms with E-state index < -0.39 is 24.8 Å². The van der Waals surface area contributed by atoms with Gasteiger partial charge in [-0.25, -0.2) is 13.8 Å². The number of nitrogens with zero attached hydrogens (tertiary/aromatic N) is 2. The molecule has 9 heteroatoms. The van der Waals surface area contributed by atoms with Crippen molar-refractivity contribution < 1.29 is 22.4 Å². The maximum absolute atomic E-state index is 12.5. The van der Waals surface area contributed by atoms with E-state index in [1.807, 2.05) is 6.92 Å². The first kappa shape index (κ1) is 14.4. The van der Waals surface area contributed by atoms with Gasteiger partial charge in [-0.15, -0.1) is 5.10 Å². The zero-order chi connectivity index (χ0) is 13.8. The number of H-pyrrole nitrogens is 1. The number of rotatable bonds is 6. The number of alkyl halides is 4. The van der Waals surface area contributed by atoms with Crippen LogP contribution in [0, 0.1) is 0 Å². The first-order chi connectivity index (χ1) is 8.36. The zero-order valence-electron chi connectivity index (χ0n) is 9.51. The summed E-state index contributed by atoms with van der Waals surface area (Å²) >= 11 is 0. The van der Waals surface area contributed by atoms with Gasteiger partial charge in [0.25, 0.3) is 5.91 Å². The standard InChI is InChI=1S/C9H12F4N4O/c1-2-3-5-15-6(17-16-5)7(18)14-4-9(12,13)8(10)11/h8H,2-4H2,1H3,(H,14,18)(H,15,16,17). The molecule has 102 valence electrons. The molecule has 0 atom stereocenters. The van der Waals surface area contributed by atoms with Gasteiger partial charge >= 0.3 is 12.3 Å². The van der Waals surface area contributed by atoms with E-state index in [-0.39, 0.29) is 5.82 Å². The van der Waals surface area contributed by atoms with Crippen LogP contribution in [0.15, 0.2) is 0 Å². The number of amides is 1. The Morgan fingerprint density at radius 1 is 1.50 bits per heavy atom. The van der Waals surface area contributed by atoms with Crippen LogP contribution in [-0.2, 0) is 6.42 Å². The molecule has 1 aromatic rings. The Hall–Kier alpha value is -1.67. The van der Waals surface area contributed by atoms with Crippen molar-refractivity contribution in [1.29, 1.82) is 0 Å². The summed E-state index contributed by atoms with van der Waals surface area (Å²) in [5, 5.41) is 7.61. The van der Waals surface area contributed by atoms with Gasteiger partial charge in [0.15, 0.2) is 0 Å². The second kappa shape index (κ2) is 5.78. The van der Waals surface area contributed by atoms with Crippen LogP contribution in [0.3, 0.4) is 0 Å². The Bertz CT molecular complexity index is 407. The second-order valence-corrected chi connectivity index (χ2v) is 3.60. The van der Waals surface area contributed by atoms with Crippen LogP contribution in [0.25, 0.3) is 0 Å². The van der Waals surface area contributed by atoms with Gasteiger partial charge in [-0.2, -0.15) is 8.78 Å². The lowest BCUT2D eigenvalue weighted by molar-refractivity contribution is -0.123. The number of hydrogen-bond donors (Lipinski definition) is 2. The number of carbonyl (C=O) groups is 1. The van der Waals surface area contributed by atoms with Crippen LogP contribution in [0.1, 0.15) is 29.8 Å². The molecule has 0 aliphatic heterocycles. The molecule has 1 heterocycles. The number of aryl methyl sites for hydroxylation is 1. The topological polar surface area (TPSA) is 70.7 Å². The third kappa shape index (κ3) is 3.67. The molecule has 0 unspecified atom stereocenters. The van der Waals surface area contributed by atoms with E-state index in [1.165, 1.54) is 0 Å². The minimum atomic E-state index is -4.27. The molecule has 0 fully saturated rings. The molecule has 2 N–H and O–H groups in total. The van der Waals surface area contributed by atoms with Crippen molar-refractivity contribution in [3.63, 3.8) is 0 Å². The van der Waals surface area contributed by atoms with E-state index in [4.69, 9.17) is 0 Å². The average molecular weight is 268 g/mol. The van der Waals surface area contributed by atoms with Gasteiger partial charge in [0, 0.05) is 6.42 Å². The third-order valence-corrected chi connectivity index (χ3v) is 2.03. The Morgan fingerprint density at radius 3 is 2.72 bits per heavy atom. The monoisotopic (exact) mass is 268 g/mol. The van der Waals surface area contributed by atoms with E-state index >= 15 is 0 Å². The largest absolute Gasteiger partial charge is 0.343 e. The van der Waals surface area contributed by atoms with Gasteiger partial charge in [-0.3, -0.25) is 9.89 Å². The van der Waals surface area contributed by atoms with Gasteiger partial charge in [0.2, 0.25) is 5.82 Å². The summed E-state index contributed by atoms with van der Waals surface area (Å²) in [4.78, 5) is 15.0. The quantitative estimate of drug-likeness (QED) is 0.766. The molecule has 1 rings (SSSR count). The second-order valence-electron chi connectivity index (χ2n) is 3.60. The molecule has 0 radical (unpaired) electrons. The minimum absolute atomic E-state index is 0.344. The number of carbonyl (C=O) groups excluding carboxylic acids is 1. The van der Waals surface area contributed by atoms with Crippen molar-refractivity contribution >= 4 is 5.91 Å². The highest BCUT2D eigenvalue weighted by atomic mass is 19.3. The predicted octanol–water partition coefficient (Wildman–Crippen LogP) is 1.39. The van der Waals surface area contributed by atoms with Gasteiger partial charge in [0.1, 0.15) is 5.82 Å². The van der Waals surface area contributed by atoms with E-state index in [1.54, 1.807) is 5.32 Å². The molecule has 0 saturated carbocycles. The summed E-state index contributed by atoms with van der Waals surface area (Å²) in [5.74, 6) is -5.20. The zero-order valence-corrected chi connectivity index (χ0v) is 9.51. The molecule has 0 aliphatic rings. The Morgan fingerprint density at radius 2 is 2.17 bits per heavy atom. The van der Waals surface area contributed by atoms with Crippen LogP contribution in [-0.4, -0.2) is 40.0 Å². The summed E-state index contributed by atoms with van der Waals surface area (Å²) in [6, 6.07) is 0. The predicted molar refractivity (Wildman–Crippen MR) is 53.7 cm³/mol. The molecular weight excluding hydrogens is 256 g/mol. The van der Waals surface area contributed by atoms with E-state index in [0.29, 0.717) is 12.2 Å². The van der Waals surface area contributed by atoms with Gasteiger partial charge in [0.05, 0.1) is 6.54 Å². The molecule has 0 bridgehead atoms. The number of nitrogens with one attached hydrogen (secondary N) is 2. The lowest BCUT2D eigenvalue weighted by Crippen LogP contribution is -2.41. The number of aromatic amines is 1. The fourth-order valence-electron chi connectivity index (χ4n) is 1.10. The van der Waals surface area contributed by atoms with Crippen molar-refractivity contribution in [1.82, 2.24) is 20.5 Å². The first-order valence-electron chi connectivity index (χ1n) is 5.22. The van der Waals surface area contributed by atoms with Crippen LogP contribution in [0.4, 0.5) is 17.6 Å². The summed E-state index contributed by atoms with van der Waals surface area (Å²) in [7, 11) is 0. The van der Waals surface area contributed by atoms with Crippen LogP contribution >= 0.6 is 0 Å². The molecule has 0 aliphatic carbocycles. The maximum atomic E-state index is 12.5. The van der Waals surface area contributed by atoms with Gasteiger partial charge < -0.3 is 5.32 Å². The molecule has 1 amide bonds. The summed E-state index contributed by atoms with van der Waals surface area (Å²) < 4.78 is 48.7. The highest BCUT2D eigenvalue weighted by Gasteiger charge is 2.41. The van der Waals surface area contributed by atoms with Crippen molar-refractivity contribution in [3.05, 3.63) is 11.6 Å². The summed E-state index contributed by atoms with van der Waals surface area (Å²) in [6.07, 6.45) is -2.52. The van der Waals surface area contributed by atoms with Crippen molar-refractivity contribution in [2.75, 3.05) is 6.54 Å². The number of aromatic nitrogens is 3. The number of hydrogen-bond acceptors (Lipinski definition) is 3. The lowest BCUT2D eigenvalue weighted by Gasteiger charge is -2.14. The number of halogens is 4. The van der Waals surface area contributed by atoms with Gasteiger partial charge in [-0.1, -0.05) is 6.92 Å². The molecule has 1 aromatic heterocycles. The molecule has 18 heavy (non-hydrogen) atoms. The smallest absolute Gasteiger partial charge is 0.324 e. The average Bonchev–Trinajstić information content (AvgIpc) is 2.75. The molecule has 0 aromatic carbocycles. The maximum Gasteiger partial charge on any atom is 0.324 e. The summed E-state index contributed by atoms with van der Waals surface area (Å²) in [5.41, 5.74) is 0. The Labute approximate surface area is 100.0 Å². The van der Waals surface area contributed by atoms with E-state index in [2.05, 4.69) is 15.2 Å². The van der Waals surface area contributed by atoms with Crippen molar-refractivity contribution in [2.24, 2.45) is 0 Å². The molecule has 0 spiro atoms. The highest BCUT2D eigenvalue weighted by Crippen LogP contribution is 2.21. The molecular formula is C9H12F4N4O. The first-order valence-corrected chi connectivity index (χ1v) is 5.22. The van der Waals surface area contributed by atoms with Crippen LogP contribution < -0.4 is 5.32 Å². The van der Waals surface area contributed by atoms with Crippen molar-refractivity contribution in [3.8, 4) is 0 Å². The van der Waals surface area contributed by atoms with Gasteiger partial charge in [-0.05, 0) is 6.42 Å². The van der Waals surface area contributed by atoms with Crippen molar-refractivity contribution in [2.45, 2.75) is 32.1 Å². The molecule has 5 nitrogen and oxygen atoms in total. The third-order valence-electron chi connectivity index (χ3n) is 2.03. The minimum Gasteiger partial charge on any atom is -0.343 e. The lowest BCUT2D eigenvalue weighted by atomic mass is 10.3. The fraction of sp³-hybridized carbons (Fsp3) is 0.667. The molecule has 0 saturated heterocycles. The normalized spacial score (nSPS) is 11.9. The fourth-order valence-corrected chi connectivity index (χ4v) is 1.10. The Balaban J connectivity index is 2.55. The van der Waals surface area contributed by atoms with Crippen LogP contribution in [0.2, 0.25) is 0 Å². The van der Waals surface area contributed by atoms with E-state index in [9.17, 15) is 22.4 Å². The van der Waals surface area contributed by atoms with E-state index in [0.717, 1.165) is 6.42 Å². The SMILES string of the molecule is CCCc1nc(C(=O)NCC(F)(F)C(F)F)n[nH]1. The van der Waals surface area contributed by atoms with Crippen LogP contribution in [0.5, 0.6) is 0 Å². The highest BCUT2D eigenvalue weighted by molar-refractivity contribution is 5.90. The summed E-state index contributed by atoms with van der Waals surface area (Å²) in [6.45, 7) is 0.423. The Kier molecular flexibility index (Phi) is 4.62.